The fourth-order valence-corrected chi connectivity index (χ4v) is 3.81. The van der Waals surface area contributed by atoms with Crippen LogP contribution in [0.15, 0.2) is 71.1 Å². The molecule has 0 unspecified atom stereocenters. The number of ketones is 1. The van der Waals surface area contributed by atoms with Crippen molar-refractivity contribution in [2.75, 3.05) is 26.2 Å². The third-order valence-corrected chi connectivity index (χ3v) is 5.72. The summed E-state index contributed by atoms with van der Waals surface area (Å²) >= 11 is 0. The topological polar surface area (TPSA) is 83.1 Å². The van der Waals surface area contributed by atoms with E-state index in [1.807, 2.05) is 0 Å². The van der Waals surface area contributed by atoms with Gasteiger partial charge in [0.05, 0.1) is 5.56 Å². The Morgan fingerprint density at radius 3 is 2.21 bits per heavy atom. The molecule has 0 atom stereocenters. The van der Waals surface area contributed by atoms with Crippen LogP contribution in [0.3, 0.4) is 0 Å². The van der Waals surface area contributed by atoms with Gasteiger partial charge in [-0.15, -0.1) is 12.4 Å². The van der Waals surface area contributed by atoms with Gasteiger partial charge in [0.15, 0.2) is 5.78 Å². The van der Waals surface area contributed by atoms with E-state index >= 15 is 0 Å². The van der Waals surface area contributed by atoms with Gasteiger partial charge in [0.2, 0.25) is 0 Å². The lowest BCUT2D eigenvalue weighted by Crippen LogP contribution is -2.27. The minimum atomic E-state index is -0.197. The maximum atomic E-state index is 13.5. The first-order chi connectivity index (χ1) is 16.0. The number of phenols is 2. The van der Waals surface area contributed by atoms with Crippen molar-refractivity contribution in [2.24, 2.45) is 0 Å². The van der Waals surface area contributed by atoms with Crippen molar-refractivity contribution in [3.8, 4) is 28.6 Å². The Hall–Kier alpha value is -3.48. The summed E-state index contributed by atoms with van der Waals surface area (Å²) in [5.74, 6) is 1.08. The maximum Gasteiger partial charge on any atom is 0.197 e. The van der Waals surface area contributed by atoms with Crippen molar-refractivity contribution in [1.82, 2.24) is 4.90 Å². The highest BCUT2D eigenvalue weighted by atomic mass is 35.5. The summed E-state index contributed by atoms with van der Waals surface area (Å²) in [7, 11) is 0. The number of halogens is 1. The highest BCUT2D eigenvalue weighted by Gasteiger charge is 2.23. The van der Waals surface area contributed by atoms with E-state index < -0.39 is 0 Å². The van der Waals surface area contributed by atoms with Crippen molar-refractivity contribution in [1.29, 1.82) is 0 Å². The van der Waals surface area contributed by atoms with Gasteiger partial charge in [-0.1, -0.05) is 13.8 Å². The lowest BCUT2D eigenvalue weighted by atomic mass is 9.97. The van der Waals surface area contributed by atoms with Gasteiger partial charge in [-0.05, 0) is 73.8 Å². The number of hydrogen-bond donors (Lipinski definition) is 2. The van der Waals surface area contributed by atoms with E-state index in [9.17, 15) is 15.0 Å². The van der Waals surface area contributed by atoms with Crippen LogP contribution >= 0.6 is 12.4 Å². The minimum Gasteiger partial charge on any atom is -0.508 e. The third kappa shape index (κ3) is 5.35. The van der Waals surface area contributed by atoms with Crippen LogP contribution < -0.4 is 4.74 Å². The third-order valence-electron chi connectivity index (χ3n) is 5.72. The molecule has 0 aliphatic carbocycles. The first kappa shape index (κ1) is 25.1. The minimum absolute atomic E-state index is 0. The zero-order chi connectivity index (χ0) is 23.4. The zero-order valence-corrected chi connectivity index (χ0v) is 20.0. The average Bonchev–Trinajstić information content (AvgIpc) is 3.20. The Balaban J connectivity index is 0.00000324. The molecule has 0 saturated carbocycles. The molecule has 2 N–H and O–H groups in total. The van der Waals surface area contributed by atoms with Gasteiger partial charge < -0.3 is 24.3 Å². The molecule has 6 nitrogen and oxygen atoms in total. The van der Waals surface area contributed by atoms with Crippen LogP contribution in [0.2, 0.25) is 0 Å². The fraction of sp³-hybridized carbons (Fsp3) is 0.222. The number of benzene rings is 3. The number of fused-ring (bicyclic) bond motifs is 1. The lowest BCUT2D eigenvalue weighted by molar-refractivity contribution is 0.104. The SMILES string of the molecule is CCN(CC)CCOc1ccc(C(=O)c2c(-c3ccc(O)cc3)oc3cc(O)ccc23)cc1.Cl. The van der Waals surface area contributed by atoms with Crippen molar-refractivity contribution in [2.45, 2.75) is 13.8 Å². The molecule has 178 valence electrons. The molecular formula is C27H28ClNO5. The molecule has 0 bridgehead atoms. The summed E-state index contributed by atoms with van der Waals surface area (Å²) < 4.78 is 11.8. The molecule has 0 saturated heterocycles. The molecular weight excluding hydrogens is 454 g/mol. The van der Waals surface area contributed by atoms with Crippen molar-refractivity contribution in [3.05, 3.63) is 77.9 Å². The van der Waals surface area contributed by atoms with Crippen molar-refractivity contribution < 1.29 is 24.2 Å². The smallest absolute Gasteiger partial charge is 0.197 e. The number of nitrogens with zero attached hydrogens (tertiary/aromatic N) is 1. The van der Waals surface area contributed by atoms with Crippen molar-refractivity contribution >= 4 is 29.2 Å². The molecule has 1 heterocycles. The van der Waals surface area contributed by atoms with Crippen LogP contribution in [0.1, 0.15) is 29.8 Å². The van der Waals surface area contributed by atoms with E-state index in [2.05, 4.69) is 18.7 Å². The first-order valence-electron chi connectivity index (χ1n) is 11.0. The van der Waals surface area contributed by atoms with Crippen LogP contribution in [0, 0.1) is 0 Å². The summed E-state index contributed by atoms with van der Waals surface area (Å²) in [5, 5.41) is 20.1. The van der Waals surface area contributed by atoms with Gasteiger partial charge in [0.25, 0.3) is 0 Å². The van der Waals surface area contributed by atoms with Gasteiger partial charge in [0, 0.05) is 29.1 Å². The van der Waals surface area contributed by atoms with Gasteiger partial charge in [-0.3, -0.25) is 4.79 Å². The lowest BCUT2D eigenvalue weighted by Gasteiger charge is -2.18. The molecule has 34 heavy (non-hydrogen) atoms. The largest absolute Gasteiger partial charge is 0.508 e. The maximum absolute atomic E-state index is 13.5. The van der Waals surface area contributed by atoms with E-state index in [1.54, 1.807) is 54.6 Å². The number of ether oxygens (including phenoxy) is 1. The highest BCUT2D eigenvalue weighted by molar-refractivity contribution is 6.19. The van der Waals surface area contributed by atoms with Gasteiger partial charge >= 0.3 is 0 Å². The molecule has 1 aromatic heterocycles. The van der Waals surface area contributed by atoms with Crippen LogP contribution in [-0.2, 0) is 0 Å². The summed E-state index contributed by atoms with van der Waals surface area (Å²) in [6, 6.07) is 18.2. The molecule has 3 aromatic carbocycles. The summed E-state index contributed by atoms with van der Waals surface area (Å²) in [5.41, 5.74) is 1.98. The molecule has 4 aromatic rings. The van der Waals surface area contributed by atoms with Crippen LogP contribution in [0.4, 0.5) is 0 Å². The summed E-state index contributed by atoms with van der Waals surface area (Å²) in [6.45, 7) is 7.63. The Bertz CT molecular complexity index is 1240. The standard InChI is InChI=1S/C27H27NO5.ClH/c1-3-28(4-2)15-16-32-22-12-7-18(8-13-22)26(31)25-23-14-11-21(30)17-24(23)33-27(25)19-5-9-20(29)10-6-19;/h5-14,17,29-30H,3-4,15-16H2,1-2H3;1H. The van der Waals surface area contributed by atoms with E-state index in [0.29, 0.717) is 45.8 Å². The molecule has 7 heteroatoms. The molecule has 0 amide bonds. The summed E-state index contributed by atoms with van der Waals surface area (Å²) in [6.07, 6.45) is 0. The predicted octanol–water partition coefficient (Wildman–Crippen LogP) is 5.88. The van der Waals surface area contributed by atoms with E-state index in [0.717, 1.165) is 19.6 Å². The molecule has 0 aliphatic heterocycles. The Labute approximate surface area is 204 Å². The van der Waals surface area contributed by atoms with Gasteiger partial charge in [0.1, 0.15) is 35.2 Å². The van der Waals surface area contributed by atoms with Gasteiger partial charge in [-0.2, -0.15) is 0 Å². The van der Waals surface area contributed by atoms with E-state index in [4.69, 9.17) is 9.15 Å². The number of rotatable bonds is 9. The second-order valence-corrected chi connectivity index (χ2v) is 7.76. The second-order valence-electron chi connectivity index (χ2n) is 7.76. The van der Waals surface area contributed by atoms with Crippen LogP contribution in [-0.4, -0.2) is 47.1 Å². The predicted molar refractivity (Wildman–Crippen MR) is 135 cm³/mol. The quantitative estimate of drug-likeness (QED) is 0.290. The molecule has 0 spiro atoms. The Morgan fingerprint density at radius 2 is 1.56 bits per heavy atom. The monoisotopic (exact) mass is 481 g/mol. The van der Waals surface area contributed by atoms with Crippen LogP contribution in [0.5, 0.6) is 17.2 Å². The summed E-state index contributed by atoms with van der Waals surface area (Å²) in [4.78, 5) is 15.8. The fourth-order valence-electron chi connectivity index (χ4n) is 3.81. The number of phenolic OH excluding ortho intramolecular Hbond substituents is 2. The molecule has 0 fully saturated rings. The van der Waals surface area contributed by atoms with Crippen molar-refractivity contribution in [3.63, 3.8) is 0 Å². The number of carbonyl (C=O) groups excluding carboxylic acids is 1. The first-order valence-corrected chi connectivity index (χ1v) is 11.0. The number of hydrogen-bond acceptors (Lipinski definition) is 6. The normalized spacial score (nSPS) is 10.9. The number of carbonyl (C=O) groups is 1. The zero-order valence-electron chi connectivity index (χ0n) is 19.2. The Kier molecular flexibility index (Phi) is 8.21. The van der Waals surface area contributed by atoms with E-state index in [1.165, 1.54) is 12.1 Å². The molecule has 0 radical (unpaired) electrons. The molecule has 4 rings (SSSR count). The van der Waals surface area contributed by atoms with Crippen LogP contribution in [0.25, 0.3) is 22.3 Å². The average molecular weight is 482 g/mol. The van der Waals surface area contributed by atoms with Gasteiger partial charge in [-0.25, -0.2) is 0 Å². The highest BCUT2D eigenvalue weighted by Crippen LogP contribution is 2.37. The molecule has 0 aliphatic rings. The number of likely N-dealkylation sites (N-methyl/N-ethyl adjacent to an activating group) is 1. The number of furan rings is 1. The Morgan fingerprint density at radius 1 is 0.912 bits per heavy atom. The number of aromatic hydroxyl groups is 2. The second kappa shape index (κ2) is 11.1. The van der Waals surface area contributed by atoms with E-state index in [-0.39, 0.29) is 29.7 Å².